The van der Waals surface area contributed by atoms with Crippen LogP contribution in [0.4, 0.5) is 5.69 Å². The molecule has 0 aromatic heterocycles. The molecule has 0 radical (unpaired) electrons. The summed E-state index contributed by atoms with van der Waals surface area (Å²) < 4.78 is 0. The zero-order chi connectivity index (χ0) is 17.9. The summed E-state index contributed by atoms with van der Waals surface area (Å²) in [6.45, 7) is 6.43. The van der Waals surface area contributed by atoms with Gasteiger partial charge in [-0.25, -0.2) is 0 Å². The van der Waals surface area contributed by atoms with Crippen LogP contribution in [0.3, 0.4) is 0 Å². The zero-order valence-corrected chi connectivity index (χ0v) is 15.7. The predicted octanol–water partition coefficient (Wildman–Crippen LogP) is 4.23. The van der Waals surface area contributed by atoms with E-state index in [1.165, 1.54) is 37.9 Å². The minimum absolute atomic E-state index is 0.341. The molecular formula is C23H30N2O. The lowest BCUT2D eigenvalue weighted by Crippen LogP contribution is -2.38. The van der Waals surface area contributed by atoms with Gasteiger partial charge in [0.1, 0.15) is 0 Å². The van der Waals surface area contributed by atoms with Crippen LogP contribution in [0, 0.1) is 5.92 Å². The minimum Gasteiger partial charge on any atom is -0.389 e. The first-order chi connectivity index (χ1) is 12.7. The SMILES string of the molecule is C[C@@H](O)c1ccccc1.c1cc2c3c(c1)C1CCCC1CN3CCNC2. The van der Waals surface area contributed by atoms with Crippen LogP contribution in [0.15, 0.2) is 48.5 Å². The van der Waals surface area contributed by atoms with Crippen LogP contribution >= 0.6 is 0 Å². The molecule has 2 heterocycles. The molecule has 3 atom stereocenters. The summed E-state index contributed by atoms with van der Waals surface area (Å²) in [6, 6.07) is 16.5. The van der Waals surface area contributed by atoms with Crippen molar-refractivity contribution in [1.82, 2.24) is 5.32 Å². The number of benzene rings is 2. The standard InChI is InChI=1S/C15H20N2.C8H10O/c1-3-11-9-16-7-8-17-10-12-4-2-5-13(12)14(6-1)15(11)17;1-7(9)8-5-3-2-4-6-8/h1,3,6,12-13,16H,2,4-5,7-10H2;2-7,9H,1H3/t;7-/m.1/s1. The van der Waals surface area contributed by atoms with E-state index in [9.17, 15) is 0 Å². The number of aliphatic hydroxyl groups is 1. The van der Waals surface area contributed by atoms with Crippen molar-refractivity contribution in [2.75, 3.05) is 24.5 Å². The quantitative estimate of drug-likeness (QED) is 0.808. The molecule has 138 valence electrons. The number of nitrogens with zero attached hydrogens (tertiary/aromatic N) is 1. The lowest BCUT2D eigenvalue weighted by Gasteiger charge is -2.38. The van der Waals surface area contributed by atoms with Gasteiger partial charge in [0.25, 0.3) is 0 Å². The van der Waals surface area contributed by atoms with Crippen molar-refractivity contribution >= 4 is 5.69 Å². The third kappa shape index (κ3) is 3.51. The number of rotatable bonds is 1. The molecule has 2 N–H and O–H groups in total. The highest BCUT2D eigenvalue weighted by Gasteiger charge is 2.37. The average molecular weight is 351 g/mol. The Morgan fingerprint density at radius 3 is 2.69 bits per heavy atom. The Hall–Kier alpha value is -1.84. The van der Waals surface area contributed by atoms with Crippen LogP contribution in [0.2, 0.25) is 0 Å². The highest BCUT2D eigenvalue weighted by atomic mass is 16.3. The van der Waals surface area contributed by atoms with Gasteiger partial charge in [0.05, 0.1) is 6.10 Å². The number of hydrogen-bond donors (Lipinski definition) is 2. The number of fused-ring (bicyclic) bond motifs is 2. The molecule has 0 spiro atoms. The molecule has 3 nitrogen and oxygen atoms in total. The first kappa shape index (κ1) is 17.6. The molecule has 0 amide bonds. The van der Waals surface area contributed by atoms with Crippen molar-refractivity contribution < 1.29 is 5.11 Å². The summed E-state index contributed by atoms with van der Waals surface area (Å²) in [5.74, 6) is 1.79. The van der Waals surface area contributed by atoms with Crippen molar-refractivity contribution in [3.05, 3.63) is 65.2 Å². The van der Waals surface area contributed by atoms with Gasteiger partial charge in [-0.3, -0.25) is 0 Å². The van der Waals surface area contributed by atoms with E-state index >= 15 is 0 Å². The maximum atomic E-state index is 9.02. The Labute approximate surface area is 157 Å². The molecule has 2 aromatic carbocycles. The molecule has 3 heteroatoms. The summed E-state index contributed by atoms with van der Waals surface area (Å²) >= 11 is 0. The van der Waals surface area contributed by atoms with Gasteiger partial charge >= 0.3 is 0 Å². The number of para-hydroxylation sites is 1. The highest BCUT2D eigenvalue weighted by Crippen LogP contribution is 2.48. The van der Waals surface area contributed by atoms with Crippen LogP contribution in [0.1, 0.15) is 54.9 Å². The van der Waals surface area contributed by atoms with Gasteiger partial charge in [-0.05, 0) is 48.3 Å². The number of hydrogen-bond acceptors (Lipinski definition) is 3. The maximum Gasteiger partial charge on any atom is 0.0761 e. The summed E-state index contributed by atoms with van der Waals surface area (Å²) in [5.41, 5.74) is 5.73. The minimum atomic E-state index is -0.341. The third-order valence-electron chi connectivity index (χ3n) is 6.14. The fourth-order valence-electron chi connectivity index (χ4n) is 4.85. The predicted molar refractivity (Wildman–Crippen MR) is 108 cm³/mol. The van der Waals surface area contributed by atoms with Crippen molar-refractivity contribution in [3.8, 4) is 0 Å². The summed E-state index contributed by atoms with van der Waals surface area (Å²) in [6.07, 6.45) is 3.96. The van der Waals surface area contributed by atoms with Gasteiger partial charge in [-0.1, -0.05) is 55.0 Å². The van der Waals surface area contributed by atoms with Crippen LogP contribution < -0.4 is 10.2 Å². The fourth-order valence-corrected chi connectivity index (χ4v) is 4.85. The van der Waals surface area contributed by atoms with Gasteiger partial charge in [0, 0.05) is 31.9 Å². The van der Waals surface area contributed by atoms with Crippen molar-refractivity contribution in [3.63, 3.8) is 0 Å². The molecule has 2 aromatic rings. The van der Waals surface area contributed by atoms with Crippen LogP contribution in [0.5, 0.6) is 0 Å². The van der Waals surface area contributed by atoms with Gasteiger partial charge in [-0.15, -0.1) is 0 Å². The van der Waals surface area contributed by atoms with Crippen molar-refractivity contribution in [1.29, 1.82) is 0 Å². The molecule has 2 aliphatic heterocycles. The van der Waals surface area contributed by atoms with E-state index in [0.717, 1.165) is 30.5 Å². The molecule has 5 rings (SSSR count). The van der Waals surface area contributed by atoms with E-state index in [-0.39, 0.29) is 6.10 Å². The van der Waals surface area contributed by atoms with Crippen molar-refractivity contribution in [2.24, 2.45) is 5.92 Å². The largest absolute Gasteiger partial charge is 0.389 e. The van der Waals surface area contributed by atoms with E-state index in [4.69, 9.17) is 5.11 Å². The lowest BCUT2D eigenvalue weighted by atomic mass is 9.82. The summed E-state index contributed by atoms with van der Waals surface area (Å²) in [4.78, 5) is 2.65. The Morgan fingerprint density at radius 1 is 1.08 bits per heavy atom. The van der Waals surface area contributed by atoms with Gasteiger partial charge < -0.3 is 15.3 Å². The monoisotopic (exact) mass is 350 g/mol. The normalized spacial score (nSPS) is 24.6. The molecule has 2 unspecified atom stereocenters. The molecule has 3 aliphatic rings. The van der Waals surface area contributed by atoms with E-state index < -0.39 is 0 Å². The Morgan fingerprint density at radius 2 is 1.92 bits per heavy atom. The van der Waals surface area contributed by atoms with Crippen molar-refractivity contribution in [2.45, 2.75) is 44.8 Å². The van der Waals surface area contributed by atoms with Gasteiger partial charge in [-0.2, -0.15) is 0 Å². The second-order valence-electron chi connectivity index (χ2n) is 7.86. The molecule has 1 aliphatic carbocycles. The average Bonchev–Trinajstić information content (AvgIpc) is 3.05. The molecule has 1 fully saturated rings. The molecule has 1 saturated carbocycles. The van der Waals surface area contributed by atoms with Gasteiger partial charge in [0.2, 0.25) is 0 Å². The second kappa shape index (κ2) is 7.81. The Bertz CT molecular complexity index is 728. The maximum absolute atomic E-state index is 9.02. The van der Waals surface area contributed by atoms with E-state index in [1.54, 1.807) is 18.2 Å². The zero-order valence-electron chi connectivity index (χ0n) is 15.7. The second-order valence-corrected chi connectivity index (χ2v) is 7.86. The topological polar surface area (TPSA) is 35.5 Å². The number of anilines is 1. The number of aliphatic hydroxyl groups excluding tert-OH is 1. The number of nitrogens with one attached hydrogen (secondary N) is 1. The van der Waals surface area contributed by atoms with Crippen LogP contribution in [-0.2, 0) is 6.54 Å². The first-order valence-electron chi connectivity index (χ1n) is 10.0. The molecule has 26 heavy (non-hydrogen) atoms. The van der Waals surface area contributed by atoms with E-state index in [0.29, 0.717) is 0 Å². The fraction of sp³-hybridized carbons (Fsp3) is 0.478. The summed E-state index contributed by atoms with van der Waals surface area (Å²) in [5, 5.41) is 12.6. The first-order valence-corrected chi connectivity index (χ1v) is 10.0. The third-order valence-corrected chi connectivity index (χ3v) is 6.14. The summed E-state index contributed by atoms with van der Waals surface area (Å²) in [7, 11) is 0. The lowest BCUT2D eigenvalue weighted by molar-refractivity contribution is 0.199. The molecule has 0 bridgehead atoms. The Balaban J connectivity index is 0.000000160. The van der Waals surface area contributed by atoms with Gasteiger partial charge in [0.15, 0.2) is 0 Å². The molecular weight excluding hydrogens is 320 g/mol. The van der Waals surface area contributed by atoms with Crippen LogP contribution in [0.25, 0.3) is 0 Å². The smallest absolute Gasteiger partial charge is 0.0761 e. The Kier molecular flexibility index (Phi) is 5.28. The highest BCUT2D eigenvalue weighted by molar-refractivity contribution is 5.64. The van der Waals surface area contributed by atoms with Crippen LogP contribution in [-0.4, -0.2) is 24.7 Å². The van der Waals surface area contributed by atoms with E-state index in [1.807, 2.05) is 30.3 Å². The van der Waals surface area contributed by atoms with E-state index in [2.05, 4.69) is 28.4 Å². The molecule has 0 saturated heterocycles.